The number of hydrogen-bond acceptors (Lipinski definition) is 7. The highest BCUT2D eigenvalue weighted by molar-refractivity contribution is 7.09. The van der Waals surface area contributed by atoms with E-state index in [1.165, 1.54) is 6.42 Å². The zero-order valence-corrected chi connectivity index (χ0v) is 27.9. The van der Waals surface area contributed by atoms with Gasteiger partial charge in [-0.2, -0.15) is 0 Å². The smallest absolute Gasteiger partial charge is 0.254 e. The SMILES string of the molecule is COc1cccc(CNCC[C@H](Cc2ccccc2)NC(=O)c2cc(C(=O)N(C)Cc3nc(C)cs3)cc(N3CCCCC3)c2)c1. The molecule has 0 aliphatic carbocycles. The van der Waals surface area contributed by atoms with Crippen LogP contribution < -0.4 is 20.3 Å². The first-order valence-corrected chi connectivity index (χ1v) is 17.0. The lowest BCUT2D eigenvalue weighted by atomic mass is 10.0. The second kappa shape index (κ2) is 16.4. The third-order valence-electron chi connectivity index (χ3n) is 8.33. The van der Waals surface area contributed by atoms with Gasteiger partial charge in [-0.25, -0.2) is 4.98 Å². The van der Waals surface area contributed by atoms with E-state index in [-0.39, 0.29) is 17.9 Å². The van der Waals surface area contributed by atoms with Crippen LogP contribution >= 0.6 is 11.3 Å². The Morgan fingerprint density at radius 2 is 1.74 bits per heavy atom. The number of carbonyl (C=O) groups is 2. The average Bonchev–Trinajstić information content (AvgIpc) is 3.50. The molecular formula is C37H45N5O3S. The fourth-order valence-electron chi connectivity index (χ4n) is 5.85. The van der Waals surface area contributed by atoms with Crippen molar-refractivity contribution < 1.29 is 14.3 Å². The summed E-state index contributed by atoms with van der Waals surface area (Å²) in [7, 11) is 3.47. The summed E-state index contributed by atoms with van der Waals surface area (Å²) >= 11 is 1.55. The summed E-state index contributed by atoms with van der Waals surface area (Å²) in [5, 5.41) is 9.72. The van der Waals surface area contributed by atoms with Crippen molar-refractivity contribution in [2.75, 3.05) is 38.7 Å². The van der Waals surface area contributed by atoms with Crippen molar-refractivity contribution >= 4 is 28.8 Å². The van der Waals surface area contributed by atoms with Crippen LogP contribution in [0.25, 0.3) is 0 Å². The molecule has 1 aliphatic heterocycles. The van der Waals surface area contributed by atoms with Crippen LogP contribution in [-0.4, -0.2) is 61.5 Å². The molecule has 8 nitrogen and oxygen atoms in total. The number of nitrogens with zero attached hydrogens (tertiary/aromatic N) is 3. The monoisotopic (exact) mass is 639 g/mol. The predicted octanol–water partition coefficient (Wildman–Crippen LogP) is 6.24. The summed E-state index contributed by atoms with van der Waals surface area (Å²) in [5.41, 5.74) is 5.21. The molecule has 46 heavy (non-hydrogen) atoms. The third kappa shape index (κ3) is 9.40. The number of benzene rings is 3. The summed E-state index contributed by atoms with van der Waals surface area (Å²) in [5.74, 6) is 0.547. The van der Waals surface area contributed by atoms with E-state index in [0.717, 1.165) is 72.2 Å². The van der Waals surface area contributed by atoms with Crippen LogP contribution in [-0.2, 0) is 19.5 Å². The number of hydrogen-bond donors (Lipinski definition) is 2. The Morgan fingerprint density at radius 1 is 0.978 bits per heavy atom. The van der Waals surface area contributed by atoms with E-state index in [0.29, 0.717) is 30.6 Å². The number of rotatable bonds is 14. The molecule has 0 unspecified atom stereocenters. The quantitative estimate of drug-likeness (QED) is 0.159. The lowest BCUT2D eigenvalue weighted by Crippen LogP contribution is -2.39. The maximum Gasteiger partial charge on any atom is 0.254 e. The maximum atomic E-state index is 13.9. The molecule has 1 atom stereocenters. The fraction of sp³-hybridized carbons (Fsp3) is 0.378. The summed E-state index contributed by atoms with van der Waals surface area (Å²) in [6, 6.07) is 23.8. The molecule has 1 aliphatic rings. The minimum absolute atomic E-state index is 0.0960. The molecule has 1 saturated heterocycles. The lowest BCUT2D eigenvalue weighted by Gasteiger charge is -2.30. The second-order valence-electron chi connectivity index (χ2n) is 12.0. The molecule has 3 aromatic carbocycles. The number of amides is 2. The van der Waals surface area contributed by atoms with E-state index >= 15 is 0 Å². The number of nitrogens with one attached hydrogen (secondary N) is 2. The molecule has 0 bridgehead atoms. The van der Waals surface area contributed by atoms with Crippen LogP contribution in [0.1, 0.15) is 68.2 Å². The lowest BCUT2D eigenvalue weighted by molar-refractivity contribution is 0.0785. The number of methoxy groups -OCH3 is 1. The molecule has 0 saturated carbocycles. The number of aromatic nitrogens is 1. The molecule has 4 aromatic rings. The van der Waals surface area contributed by atoms with Crippen molar-refractivity contribution in [2.45, 2.75) is 58.2 Å². The predicted molar refractivity (Wildman–Crippen MR) is 186 cm³/mol. The average molecular weight is 640 g/mol. The Bertz CT molecular complexity index is 1580. The number of ether oxygens (including phenoxy) is 1. The third-order valence-corrected chi connectivity index (χ3v) is 9.28. The molecule has 9 heteroatoms. The van der Waals surface area contributed by atoms with Crippen molar-refractivity contribution in [2.24, 2.45) is 0 Å². The summed E-state index contributed by atoms with van der Waals surface area (Å²) < 4.78 is 5.36. The van der Waals surface area contributed by atoms with Crippen LogP contribution in [0.2, 0.25) is 0 Å². The van der Waals surface area contributed by atoms with Crippen molar-refractivity contribution in [3.63, 3.8) is 0 Å². The van der Waals surface area contributed by atoms with Crippen LogP contribution in [0, 0.1) is 6.92 Å². The number of aryl methyl sites for hydroxylation is 1. The van der Waals surface area contributed by atoms with Gasteiger partial charge in [0.15, 0.2) is 0 Å². The highest BCUT2D eigenvalue weighted by atomic mass is 32.1. The summed E-state index contributed by atoms with van der Waals surface area (Å²) in [6.07, 6.45) is 4.86. The van der Waals surface area contributed by atoms with Gasteiger partial charge in [-0.3, -0.25) is 9.59 Å². The van der Waals surface area contributed by atoms with Crippen LogP contribution in [0.5, 0.6) is 5.75 Å². The normalized spacial score (nSPS) is 13.7. The van der Waals surface area contributed by atoms with Crippen LogP contribution in [0.15, 0.2) is 78.2 Å². The summed E-state index contributed by atoms with van der Waals surface area (Å²) in [4.78, 5) is 36.1. The van der Waals surface area contributed by atoms with E-state index in [1.807, 2.05) is 60.8 Å². The zero-order valence-electron chi connectivity index (χ0n) is 27.1. The van der Waals surface area contributed by atoms with Gasteiger partial charge >= 0.3 is 0 Å². The first-order chi connectivity index (χ1) is 22.4. The molecule has 242 valence electrons. The molecular weight excluding hydrogens is 595 g/mol. The van der Waals surface area contributed by atoms with Gasteiger partial charge in [-0.1, -0.05) is 42.5 Å². The number of thiazole rings is 1. The Morgan fingerprint density at radius 3 is 2.48 bits per heavy atom. The topological polar surface area (TPSA) is 86.8 Å². The van der Waals surface area contributed by atoms with Crippen molar-refractivity contribution in [1.29, 1.82) is 0 Å². The zero-order chi connectivity index (χ0) is 32.3. The fourth-order valence-corrected chi connectivity index (χ4v) is 6.68. The van der Waals surface area contributed by atoms with Gasteiger partial charge in [0.05, 0.1) is 13.7 Å². The highest BCUT2D eigenvalue weighted by Crippen LogP contribution is 2.25. The molecule has 2 heterocycles. The van der Waals surface area contributed by atoms with Gasteiger partial charge < -0.3 is 25.2 Å². The Labute approximate surface area is 276 Å². The van der Waals surface area contributed by atoms with Crippen molar-refractivity contribution in [3.05, 3.63) is 111 Å². The minimum Gasteiger partial charge on any atom is -0.497 e. The van der Waals surface area contributed by atoms with Crippen molar-refractivity contribution in [3.8, 4) is 5.75 Å². The van der Waals surface area contributed by atoms with Crippen LogP contribution in [0.3, 0.4) is 0 Å². The van der Waals surface area contributed by atoms with E-state index < -0.39 is 0 Å². The van der Waals surface area contributed by atoms with Gasteiger partial charge in [0.2, 0.25) is 0 Å². The first-order valence-electron chi connectivity index (χ1n) is 16.1. The van der Waals surface area contributed by atoms with E-state index in [1.54, 1.807) is 36.5 Å². The van der Waals surface area contributed by atoms with E-state index in [4.69, 9.17) is 4.74 Å². The van der Waals surface area contributed by atoms with Gasteiger partial charge in [0.1, 0.15) is 10.8 Å². The largest absolute Gasteiger partial charge is 0.497 e. The summed E-state index contributed by atoms with van der Waals surface area (Å²) in [6.45, 7) is 5.66. The van der Waals surface area contributed by atoms with Gasteiger partial charge in [-0.15, -0.1) is 11.3 Å². The van der Waals surface area contributed by atoms with Gasteiger partial charge in [0.25, 0.3) is 11.8 Å². The first kappa shape index (κ1) is 33.2. The highest BCUT2D eigenvalue weighted by Gasteiger charge is 2.22. The molecule has 0 spiro atoms. The second-order valence-corrected chi connectivity index (χ2v) is 13.0. The standard InChI is InChI=1S/C37H45N5O3S/c1-27-26-46-35(39-27)25-41(2)37(44)31-21-30(22-33(23-31)42-17-8-5-9-18-42)36(43)40-32(19-28-11-6-4-7-12-28)15-16-38-24-29-13-10-14-34(20-29)45-3/h4,6-7,10-14,20-23,26,32,38H,5,8-9,15-19,24-25H2,1-3H3,(H,40,43)/t32-/m1/s1. The van der Waals surface area contributed by atoms with E-state index in [2.05, 4.69) is 38.7 Å². The van der Waals surface area contributed by atoms with Crippen LogP contribution in [0.4, 0.5) is 5.69 Å². The Hall–Kier alpha value is -4.21. The Balaban J connectivity index is 1.32. The number of carbonyl (C=O) groups excluding carboxylic acids is 2. The molecule has 5 rings (SSSR count). The van der Waals surface area contributed by atoms with Crippen molar-refractivity contribution in [1.82, 2.24) is 20.5 Å². The molecule has 1 fully saturated rings. The molecule has 2 N–H and O–H groups in total. The van der Waals surface area contributed by atoms with Gasteiger partial charge in [0, 0.05) is 60.6 Å². The van der Waals surface area contributed by atoms with E-state index in [9.17, 15) is 9.59 Å². The number of piperidine rings is 1. The maximum absolute atomic E-state index is 13.9. The molecule has 2 amide bonds. The Kier molecular flexibility index (Phi) is 11.8. The molecule has 0 radical (unpaired) electrons. The van der Waals surface area contributed by atoms with Gasteiger partial charge in [-0.05, 0) is 87.0 Å². The molecule has 1 aromatic heterocycles. The minimum atomic E-state index is -0.167. The number of anilines is 1.